The Bertz CT molecular complexity index is 769. The summed E-state index contributed by atoms with van der Waals surface area (Å²) < 4.78 is 0. The van der Waals surface area contributed by atoms with Crippen molar-refractivity contribution in [3.63, 3.8) is 0 Å². The van der Waals surface area contributed by atoms with Crippen molar-refractivity contribution >= 4 is 17.0 Å². The second-order valence-electron chi connectivity index (χ2n) is 4.60. The molecule has 0 amide bonds. The highest BCUT2D eigenvalue weighted by molar-refractivity contribution is 7.10. The molecule has 0 bridgehead atoms. The fraction of sp³-hybridized carbons (Fsp3) is 0.0625. The minimum absolute atomic E-state index is 0.0881. The summed E-state index contributed by atoms with van der Waals surface area (Å²) in [4.78, 5) is 15.0. The van der Waals surface area contributed by atoms with Crippen molar-refractivity contribution < 1.29 is 4.92 Å². The van der Waals surface area contributed by atoms with Crippen LogP contribution in [0.5, 0.6) is 0 Å². The Kier molecular flexibility index (Phi) is 3.75. The van der Waals surface area contributed by atoms with E-state index >= 15 is 0 Å². The highest BCUT2D eigenvalue weighted by Gasteiger charge is 2.10. The number of aromatic nitrogens is 1. The number of rotatable bonds is 4. The lowest BCUT2D eigenvalue weighted by atomic mass is 10.1. The van der Waals surface area contributed by atoms with Gasteiger partial charge in [-0.1, -0.05) is 42.5 Å². The topological polar surface area (TPSA) is 56.0 Å². The maximum atomic E-state index is 10.8. The molecule has 0 aliphatic heterocycles. The monoisotopic (exact) mass is 296 g/mol. The molecular formula is C16H12N2O2S. The van der Waals surface area contributed by atoms with Gasteiger partial charge in [-0.3, -0.25) is 10.1 Å². The van der Waals surface area contributed by atoms with Crippen LogP contribution in [0, 0.1) is 10.1 Å². The highest BCUT2D eigenvalue weighted by atomic mass is 32.1. The smallest absolute Gasteiger partial charge is 0.258 e. The van der Waals surface area contributed by atoms with Crippen molar-refractivity contribution in [1.82, 2.24) is 4.98 Å². The summed E-state index contributed by atoms with van der Waals surface area (Å²) in [6.07, 6.45) is 0.778. The van der Waals surface area contributed by atoms with Gasteiger partial charge in [-0.15, -0.1) is 11.3 Å². The zero-order valence-electron chi connectivity index (χ0n) is 11.1. The van der Waals surface area contributed by atoms with Gasteiger partial charge in [-0.2, -0.15) is 0 Å². The first kappa shape index (κ1) is 13.5. The fourth-order valence-corrected chi connectivity index (χ4v) is 2.91. The minimum atomic E-state index is -0.388. The zero-order chi connectivity index (χ0) is 14.7. The molecule has 21 heavy (non-hydrogen) atoms. The zero-order valence-corrected chi connectivity index (χ0v) is 11.9. The van der Waals surface area contributed by atoms with Crippen LogP contribution in [-0.4, -0.2) is 9.91 Å². The summed E-state index contributed by atoms with van der Waals surface area (Å²) in [5.41, 5.74) is 2.86. The number of benzene rings is 2. The van der Waals surface area contributed by atoms with Gasteiger partial charge in [0.1, 0.15) is 0 Å². The lowest BCUT2D eigenvalue weighted by Gasteiger charge is -1.98. The first-order valence-corrected chi connectivity index (χ1v) is 7.33. The van der Waals surface area contributed by atoms with Crippen LogP contribution >= 0.6 is 11.3 Å². The molecule has 0 fully saturated rings. The first-order chi connectivity index (χ1) is 10.2. The van der Waals surface area contributed by atoms with Gasteiger partial charge in [-0.25, -0.2) is 4.98 Å². The van der Waals surface area contributed by atoms with Crippen LogP contribution < -0.4 is 0 Å². The third-order valence-electron chi connectivity index (χ3n) is 3.10. The Morgan fingerprint density at radius 2 is 1.90 bits per heavy atom. The van der Waals surface area contributed by atoms with Crippen molar-refractivity contribution in [3.8, 4) is 11.3 Å². The second kappa shape index (κ2) is 5.85. The van der Waals surface area contributed by atoms with E-state index < -0.39 is 0 Å². The summed E-state index contributed by atoms with van der Waals surface area (Å²) in [6.45, 7) is 0. The molecule has 0 atom stereocenters. The molecule has 5 heteroatoms. The number of nitro benzene ring substituents is 1. The Hall–Kier alpha value is -2.53. The van der Waals surface area contributed by atoms with Crippen LogP contribution in [0.3, 0.4) is 0 Å². The van der Waals surface area contributed by atoms with E-state index in [-0.39, 0.29) is 10.6 Å². The minimum Gasteiger partial charge on any atom is -0.258 e. The Morgan fingerprint density at radius 3 is 2.67 bits per heavy atom. The molecule has 1 heterocycles. The Morgan fingerprint density at radius 1 is 1.10 bits per heavy atom. The van der Waals surface area contributed by atoms with E-state index in [1.807, 2.05) is 29.6 Å². The molecule has 3 aromatic rings. The quantitative estimate of drug-likeness (QED) is 0.532. The normalized spacial score (nSPS) is 10.5. The third kappa shape index (κ3) is 3.14. The molecule has 1 aromatic heterocycles. The largest absolute Gasteiger partial charge is 0.270 e. The van der Waals surface area contributed by atoms with E-state index in [1.165, 1.54) is 11.6 Å². The van der Waals surface area contributed by atoms with Crippen LogP contribution in [0.2, 0.25) is 0 Å². The van der Waals surface area contributed by atoms with Crippen LogP contribution in [0.4, 0.5) is 5.69 Å². The van der Waals surface area contributed by atoms with Crippen molar-refractivity contribution in [2.24, 2.45) is 0 Å². The van der Waals surface area contributed by atoms with Gasteiger partial charge in [0.2, 0.25) is 0 Å². The maximum Gasteiger partial charge on any atom is 0.270 e. The van der Waals surface area contributed by atoms with Crippen molar-refractivity contribution in [1.29, 1.82) is 0 Å². The Labute approximate surface area is 125 Å². The molecule has 0 aliphatic carbocycles. The van der Waals surface area contributed by atoms with E-state index in [9.17, 15) is 10.1 Å². The van der Waals surface area contributed by atoms with Gasteiger partial charge < -0.3 is 0 Å². The SMILES string of the molecule is O=[N+]([O-])c1cccc(-c2csc(Cc3ccccc3)n2)c1. The second-order valence-corrected chi connectivity index (χ2v) is 5.54. The molecule has 104 valence electrons. The lowest BCUT2D eigenvalue weighted by Crippen LogP contribution is -1.89. The molecule has 0 unspecified atom stereocenters. The lowest BCUT2D eigenvalue weighted by molar-refractivity contribution is -0.384. The van der Waals surface area contributed by atoms with Gasteiger partial charge in [0.25, 0.3) is 5.69 Å². The van der Waals surface area contributed by atoms with Crippen LogP contribution in [-0.2, 0) is 6.42 Å². The molecule has 0 aliphatic rings. The first-order valence-electron chi connectivity index (χ1n) is 6.45. The number of non-ortho nitro benzene ring substituents is 1. The molecule has 0 spiro atoms. The van der Waals surface area contributed by atoms with Gasteiger partial charge in [0.15, 0.2) is 0 Å². The van der Waals surface area contributed by atoms with Gasteiger partial charge in [0.05, 0.1) is 15.6 Å². The molecule has 0 radical (unpaired) electrons. The molecular weight excluding hydrogens is 284 g/mol. The van der Waals surface area contributed by atoms with Crippen LogP contribution in [0.15, 0.2) is 60.0 Å². The van der Waals surface area contributed by atoms with E-state index in [0.29, 0.717) is 0 Å². The predicted molar refractivity (Wildman–Crippen MR) is 83.5 cm³/mol. The van der Waals surface area contributed by atoms with Crippen LogP contribution in [0.25, 0.3) is 11.3 Å². The van der Waals surface area contributed by atoms with Gasteiger partial charge in [-0.05, 0) is 5.56 Å². The van der Waals surface area contributed by atoms with Gasteiger partial charge in [0, 0.05) is 29.5 Å². The summed E-state index contributed by atoms with van der Waals surface area (Å²) in [5, 5.41) is 13.8. The fourth-order valence-electron chi connectivity index (χ4n) is 2.07. The molecule has 0 N–H and O–H groups in total. The van der Waals surface area contributed by atoms with E-state index in [4.69, 9.17) is 0 Å². The van der Waals surface area contributed by atoms with Crippen molar-refractivity contribution in [3.05, 3.63) is 80.7 Å². The molecule has 0 saturated carbocycles. The molecule has 2 aromatic carbocycles. The summed E-state index contributed by atoms with van der Waals surface area (Å²) >= 11 is 1.57. The van der Waals surface area contributed by atoms with E-state index in [1.54, 1.807) is 23.5 Å². The maximum absolute atomic E-state index is 10.8. The summed E-state index contributed by atoms with van der Waals surface area (Å²) in [5.74, 6) is 0. The van der Waals surface area contributed by atoms with E-state index in [0.717, 1.165) is 22.7 Å². The number of hydrogen-bond donors (Lipinski definition) is 0. The van der Waals surface area contributed by atoms with Crippen LogP contribution in [0.1, 0.15) is 10.6 Å². The summed E-state index contributed by atoms with van der Waals surface area (Å²) in [7, 11) is 0. The molecule has 3 rings (SSSR count). The number of nitrogens with zero attached hydrogens (tertiary/aromatic N) is 2. The number of thiazole rings is 1. The predicted octanol–water partition coefficient (Wildman–Crippen LogP) is 4.31. The Balaban J connectivity index is 1.85. The number of nitro groups is 1. The van der Waals surface area contributed by atoms with Crippen molar-refractivity contribution in [2.75, 3.05) is 0 Å². The van der Waals surface area contributed by atoms with E-state index in [2.05, 4.69) is 17.1 Å². The van der Waals surface area contributed by atoms with Gasteiger partial charge >= 0.3 is 0 Å². The van der Waals surface area contributed by atoms with Crippen molar-refractivity contribution in [2.45, 2.75) is 6.42 Å². The average Bonchev–Trinajstić information content (AvgIpc) is 2.97. The highest BCUT2D eigenvalue weighted by Crippen LogP contribution is 2.26. The number of hydrogen-bond acceptors (Lipinski definition) is 4. The summed E-state index contributed by atoms with van der Waals surface area (Å²) in [6, 6.07) is 16.7. The average molecular weight is 296 g/mol. The third-order valence-corrected chi connectivity index (χ3v) is 3.95. The molecule has 4 nitrogen and oxygen atoms in total. The standard InChI is InChI=1S/C16H12N2O2S/c19-18(20)14-8-4-7-13(10-14)15-11-21-16(17-15)9-12-5-2-1-3-6-12/h1-8,10-11H,9H2. The molecule has 0 saturated heterocycles.